The van der Waals surface area contributed by atoms with Gasteiger partial charge in [-0.1, -0.05) is 0 Å². The maximum atomic E-state index is 11.7. The van der Waals surface area contributed by atoms with E-state index in [0.29, 0.717) is 0 Å². The second-order valence-electron chi connectivity index (χ2n) is 4.40. The Labute approximate surface area is 120 Å². The number of phenols is 1. The smallest absolute Gasteiger partial charge is 0.337 e. The first-order valence-electron chi connectivity index (χ1n) is 5.81. The number of amides is 2. The van der Waals surface area contributed by atoms with Gasteiger partial charge in [0.25, 0.3) is 0 Å². The van der Waals surface area contributed by atoms with E-state index in [-0.39, 0.29) is 22.8 Å². The van der Waals surface area contributed by atoms with Gasteiger partial charge in [0.15, 0.2) is 9.84 Å². The fourth-order valence-corrected chi connectivity index (χ4v) is 3.05. The largest absolute Gasteiger partial charge is 0.508 e. The number of benzene rings is 1. The van der Waals surface area contributed by atoms with Gasteiger partial charge >= 0.3 is 12.0 Å². The van der Waals surface area contributed by atoms with Crippen LogP contribution < -0.4 is 10.6 Å². The van der Waals surface area contributed by atoms with Gasteiger partial charge in [-0.25, -0.2) is 18.0 Å². The average Bonchev–Trinajstić information content (AvgIpc) is 2.70. The van der Waals surface area contributed by atoms with Gasteiger partial charge in [-0.05, 0) is 24.3 Å². The van der Waals surface area contributed by atoms with Gasteiger partial charge in [0.2, 0.25) is 0 Å². The zero-order valence-corrected chi connectivity index (χ0v) is 11.4. The van der Waals surface area contributed by atoms with Crippen LogP contribution in [0.25, 0.3) is 0 Å². The van der Waals surface area contributed by atoms with Crippen molar-refractivity contribution < 1.29 is 28.2 Å². The summed E-state index contributed by atoms with van der Waals surface area (Å²) in [5.41, 5.74) is -0.289. The topological polar surface area (TPSA) is 133 Å². The van der Waals surface area contributed by atoms with Crippen LogP contribution in [0.3, 0.4) is 0 Å². The van der Waals surface area contributed by atoms with Crippen LogP contribution in [0.4, 0.5) is 10.5 Å². The first kappa shape index (κ1) is 14.9. The molecule has 1 aromatic rings. The third kappa shape index (κ3) is 3.72. The van der Waals surface area contributed by atoms with Crippen molar-refractivity contribution in [3.8, 4) is 5.75 Å². The van der Waals surface area contributed by atoms with Crippen molar-refractivity contribution >= 4 is 27.5 Å². The molecule has 21 heavy (non-hydrogen) atoms. The second kappa shape index (κ2) is 5.44. The summed E-state index contributed by atoms with van der Waals surface area (Å²) < 4.78 is 22.4. The SMILES string of the molecule is O=C(Nc1ccc(O)cc1C(=O)O)NC1C=CS(=O)(=O)C1. The fraction of sp³-hybridized carbons (Fsp3) is 0.167. The molecule has 0 fully saturated rings. The second-order valence-corrected chi connectivity index (χ2v) is 6.33. The van der Waals surface area contributed by atoms with Crippen molar-refractivity contribution in [2.75, 3.05) is 11.1 Å². The standard InChI is InChI=1S/C12H12N2O6S/c15-8-1-2-10(9(5-8)11(16)17)14-12(18)13-7-3-4-21(19,20)6-7/h1-5,7,15H,6H2,(H,16,17)(H2,13,14,18). The predicted octanol–water partition coefficient (Wildman–Crippen LogP) is 0.523. The van der Waals surface area contributed by atoms with Crippen LogP contribution in [-0.2, 0) is 9.84 Å². The molecule has 4 N–H and O–H groups in total. The summed E-state index contributed by atoms with van der Waals surface area (Å²) in [5, 5.41) is 23.9. The van der Waals surface area contributed by atoms with E-state index >= 15 is 0 Å². The van der Waals surface area contributed by atoms with Crippen molar-refractivity contribution in [1.82, 2.24) is 5.32 Å². The first-order chi connectivity index (χ1) is 9.77. The van der Waals surface area contributed by atoms with Crippen LogP contribution in [0.15, 0.2) is 29.7 Å². The van der Waals surface area contributed by atoms with Crippen LogP contribution in [0.1, 0.15) is 10.4 Å². The normalized spacial score (nSPS) is 19.1. The van der Waals surface area contributed by atoms with E-state index in [4.69, 9.17) is 5.11 Å². The number of hydrogen-bond acceptors (Lipinski definition) is 5. The van der Waals surface area contributed by atoms with E-state index in [1.807, 2.05) is 0 Å². The zero-order valence-electron chi connectivity index (χ0n) is 10.6. The Morgan fingerprint density at radius 3 is 2.57 bits per heavy atom. The van der Waals surface area contributed by atoms with Crippen molar-refractivity contribution in [1.29, 1.82) is 0 Å². The number of aromatic carboxylic acids is 1. The molecule has 0 spiro atoms. The Morgan fingerprint density at radius 2 is 2.00 bits per heavy atom. The third-order valence-electron chi connectivity index (χ3n) is 2.73. The van der Waals surface area contributed by atoms with Gasteiger partial charge in [0, 0.05) is 5.41 Å². The summed E-state index contributed by atoms with van der Waals surface area (Å²) in [6.07, 6.45) is 1.34. The lowest BCUT2D eigenvalue weighted by molar-refractivity contribution is 0.0697. The van der Waals surface area contributed by atoms with E-state index in [9.17, 15) is 23.1 Å². The summed E-state index contributed by atoms with van der Waals surface area (Å²) in [6.45, 7) is 0. The highest BCUT2D eigenvalue weighted by Gasteiger charge is 2.23. The lowest BCUT2D eigenvalue weighted by Gasteiger charge is -2.13. The number of aromatic hydroxyl groups is 1. The van der Waals surface area contributed by atoms with Gasteiger partial charge in [-0.15, -0.1) is 0 Å². The van der Waals surface area contributed by atoms with E-state index in [2.05, 4.69) is 10.6 Å². The molecule has 8 nitrogen and oxygen atoms in total. The summed E-state index contributed by atoms with van der Waals surface area (Å²) >= 11 is 0. The minimum absolute atomic E-state index is 0.0115. The Morgan fingerprint density at radius 1 is 1.29 bits per heavy atom. The lowest BCUT2D eigenvalue weighted by Crippen LogP contribution is -2.38. The monoisotopic (exact) mass is 312 g/mol. The first-order valence-corrected chi connectivity index (χ1v) is 7.53. The maximum Gasteiger partial charge on any atom is 0.337 e. The van der Waals surface area contributed by atoms with Gasteiger partial charge < -0.3 is 20.8 Å². The number of rotatable bonds is 3. The Kier molecular flexibility index (Phi) is 3.85. The number of sulfone groups is 1. The molecule has 1 aromatic carbocycles. The minimum atomic E-state index is -3.29. The molecule has 9 heteroatoms. The molecule has 1 unspecified atom stereocenters. The van der Waals surface area contributed by atoms with Gasteiger partial charge in [0.1, 0.15) is 5.75 Å². The Hall–Kier alpha value is -2.55. The van der Waals surface area contributed by atoms with Crippen LogP contribution in [0.2, 0.25) is 0 Å². The number of carboxylic acids is 1. The molecule has 0 radical (unpaired) electrons. The molecule has 2 amide bonds. The van der Waals surface area contributed by atoms with Crippen LogP contribution >= 0.6 is 0 Å². The number of carboxylic acid groups (broad SMARTS) is 1. The molecule has 1 aliphatic heterocycles. The summed E-state index contributed by atoms with van der Waals surface area (Å²) in [6, 6.07) is 2.05. The number of anilines is 1. The molecule has 0 saturated heterocycles. The molecule has 2 rings (SSSR count). The third-order valence-corrected chi connectivity index (χ3v) is 4.12. The lowest BCUT2D eigenvalue weighted by atomic mass is 10.1. The van der Waals surface area contributed by atoms with Crippen LogP contribution in [0.5, 0.6) is 5.75 Å². The van der Waals surface area contributed by atoms with Crippen molar-refractivity contribution in [3.63, 3.8) is 0 Å². The molecule has 0 aromatic heterocycles. The molecular formula is C12H12N2O6S. The van der Waals surface area contributed by atoms with Gasteiger partial charge in [0.05, 0.1) is 23.0 Å². The van der Waals surface area contributed by atoms with Gasteiger partial charge in [-0.3, -0.25) is 0 Å². The number of urea groups is 1. The quantitative estimate of drug-likeness (QED) is 0.601. The van der Waals surface area contributed by atoms with Crippen LogP contribution in [0, 0.1) is 0 Å². The zero-order chi connectivity index (χ0) is 15.6. The number of hydrogen-bond donors (Lipinski definition) is 4. The van der Waals surface area contributed by atoms with E-state index < -0.39 is 27.9 Å². The molecule has 0 saturated carbocycles. The summed E-state index contributed by atoms with van der Waals surface area (Å²) in [4.78, 5) is 22.7. The van der Waals surface area contributed by atoms with Crippen molar-refractivity contribution in [2.45, 2.75) is 6.04 Å². The van der Waals surface area contributed by atoms with Crippen molar-refractivity contribution in [3.05, 3.63) is 35.2 Å². The highest BCUT2D eigenvalue weighted by atomic mass is 32.2. The Bertz CT molecular complexity index is 725. The number of carbonyl (C=O) groups is 2. The number of carbonyl (C=O) groups excluding carboxylic acids is 1. The highest BCUT2D eigenvalue weighted by molar-refractivity contribution is 7.94. The van der Waals surface area contributed by atoms with E-state index in [1.165, 1.54) is 18.2 Å². The average molecular weight is 312 g/mol. The maximum absolute atomic E-state index is 11.7. The molecule has 1 atom stereocenters. The predicted molar refractivity (Wildman–Crippen MR) is 73.9 cm³/mol. The van der Waals surface area contributed by atoms with E-state index in [1.54, 1.807) is 0 Å². The van der Waals surface area contributed by atoms with Crippen molar-refractivity contribution in [2.24, 2.45) is 0 Å². The number of nitrogens with one attached hydrogen (secondary N) is 2. The highest BCUT2D eigenvalue weighted by Crippen LogP contribution is 2.21. The summed E-state index contributed by atoms with van der Waals surface area (Å²) in [7, 11) is -3.29. The fourth-order valence-electron chi connectivity index (χ4n) is 1.81. The minimum Gasteiger partial charge on any atom is -0.508 e. The molecule has 112 valence electrons. The van der Waals surface area contributed by atoms with E-state index in [0.717, 1.165) is 11.5 Å². The molecular weight excluding hydrogens is 300 g/mol. The van der Waals surface area contributed by atoms with Gasteiger partial charge in [-0.2, -0.15) is 0 Å². The summed E-state index contributed by atoms with van der Waals surface area (Å²) in [5.74, 6) is -1.80. The molecule has 0 bridgehead atoms. The van der Waals surface area contributed by atoms with Crippen LogP contribution in [-0.4, -0.2) is 42.4 Å². The molecule has 1 aliphatic rings. The number of phenolic OH excluding ortho intramolecular Hbond substituents is 1. The molecule has 1 heterocycles. The molecule has 0 aliphatic carbocycles. The Balaban J connectivity index is 2.07.